The molecule has 2 N–H and O–H groups in total. The third-order valence-electron chi connectivity index (χ3n) is 4.49. The highest BCUT2D eigenvalue weighted by Gasteiger charge is 2.18. The van der Waals surface area contributed by atoms with E-state index < -0.39 is 14.8 Å². The van der Waals surface area contributed by atoms with E-state index in [1.165, 1.54) is 12.1 Å². The van der Waals surface area contributed by atoms with Crippen molar-refractivity contribution in [3.8, 4) is 11.4 Å². The molecule has 0 atom stereocenters. The summed E-state index contributed by atoms with van der Waals surface area (Å²) in [4.78, 5) is 26.7. The highest BCUT2D eigenvalue weighted by atomic mass is 35.5. The summed E-state index contributed by atoms with van der Waals surface area (Å²) in [6.45, 7) is 0.399. The number of sulfone groups is 1. The molecule has 2 aromatic carbocycles. The molecule has 1 amide bonds. The van der Waals surface area contributed by atoms with E-state index in [4.69, 9.17) is 16.1 Å². The Bertz CT molecular complexity index is 1260. The highest BCUT2D eigenvalue weighted by Crippen LogP contribution is 2.27. The van der Waals surface area contributed by atoms with Crippen molar-refractivity contribution in [2.75, 3.05) is 24.7 Å². The topological polar surface area (TPSA) is 157 Å². The molecule has 0 aliphatic rings. The number of benzene rings is 2. The van der Waals surface area contributed by atoms with E-state index in [0.717, 1.165) is 17.9 Å². The molecule has 0 bridgehead atoms. The predicted molar refractivity (Wildman–Crippen MR) is 121 cm³/mol. The minimum Gasteiger partial charge on any atom is -0.378 e. The van der Waals surface area contributed by atoms with Crippen LogP contribution in [-0.2, 0) is 21.1 Å². The predicted octanol–water partition coefficient (Wildman–Crippen LogP) is 2.86. The lowest BCUT2D eigenvalue weighted by molar-refractivity contribution is -0.384. The van der Waals surface area contributed by atoms with Crippen LogP contribution in [0.1, 0.15) is 12.3 Å². The van der Waals surface area contributed by atoms with Crippen molar-refractivity contribution < 1.29 is 22.7 Å². The lowest BCUT2D eigenvalue weighted by atomic mass is 10.2. The maximum absolute atomic E-state index is 12.1. The van der Waals surface area contributed by atoms with E-state index in [2.05, 4.69) is 20.8 Å². The van der Waals surface area contributed by atoms with Crippen LogP contribution in [0.2, 0.25) is 5.02 Å². The molecule has 0 spiro atoms. The first kappa shape index (κ1) is 24.1. The van der Waals surface area contributed by atoms with Crippen LogP contribution < -0.4 is 10.6 Å². The van der Waals surface area contributed by atoms with Crippen LogP contribution in [0.3, 0.4) is 0 Å². The molecular formula is C20H20ClN5O6S. The molecule has 0 unspecified atom stereocenters. The third kappa shape index (κ3) is 6.73. The Labute approximate surface area is 194 Å². The number of aromatic nitrogens is 2. The van der Waals surface area contributed by atoms with Gasteiger partial charge in [0.15, 0.2) is 9.84 Å². The second-order valence-electron chi connectivity index (χ2n) is 7.00. The molecule has 0 radical (unpaired) electrons. The van der Waals surface area contributed by atoms with Crippen molar-refractivity contribution in [2.45, 2.75) is 17.7 Å². The molecule has 3 aromatic rings. The van der Waals surface area contributed by atoms with Crippen molar-refractivity contribution >= 4 is 38.7 Å². The first-order valence-electron chi connectivity index (χ1n) is 9.71. The number of hydrogen-bond acceptors (Lipinski definition) is 9. The molecule has 33 heavy (non-hydrogen) atoms. The first-order chi connectivity index (χ1) is 15.6. The minimum absolute atomic E-state index is 0.117. The Balaban J connectivity index is 1.46. The molecule has 13 heteroatoms. The summed E-state index contributed by atoms with van der Waals surface area (Å²) in [6.07, 6.45) is 1.34. The number of rotatable bonds is 10. The average molecular weight is 494 g/mol. The zero-order chi connectivity index (χ0) is 24.0. The van der Waals surface area contributed by atoms with Gasteiger partial charge in [-0.1, -0.05) is 16.8 Å². The van der Waals surface area contributed by atoms with Gasteiger partial charge in [0, 0.05) is 48.8 Å². The molecule has 1 heterocycles. The second kappa shape index (κ2) is 10.4. The van der Waals surface area contributed by atoms with Gasteiger partial charge < -0.3 is 15.2 Å². The summed E-state index contributed by atoms with van der Waals surface area (Å²) >= 11 is 5.85. The summed E-state index contributed by atoms with van der Waals surface area (Å²) in [6, 6.07) is 10.5. The van der Waals surface area contributed by atoms with Crippen LogP contribution in [0.4, 0.5) is 11.4 Å². The van der Waals surface area contributed by atoms with Gasteiger partial charge in [0.05, 0.1) is 9.82 Å². The number of carbonyl (C=O) groups is 1. The number of halogens is 1. The highest BCUT2D eigenvalue weighted by molar-refractivity contribution is 7.90. The number of hydrogen-bond donors (Lipinski definition) is 2. The lowest BCUT2D eigenvalue weighted by Gasteiger charge is -2.09. The second-order valence-corrected chi connectivity index (χ2v) is 9.46. The quantitative estimate of drug-likeness (QED) is 0.246. The number of nitrogens with one attached hydrogen (secondary N) is 2. The minimum atomic E-state index is -3.57. The molecule has 174 valence electrons. The summed E-state index contributed by atoms with van der Waals surface area (Å²) in [7, 11) is -3.57. The normalized spacial score (nSPS) is 11.2. The Morgan fingerprint density at radius 2 is 1.91 bits per heavy atom. The van der Waals surface area contributed by atoms with Crippen LogP contribution in [0.5, 0.6) is 0 Å². The monoisotopic (exact) mass is 493 g/mol. The van der Waals surface area contributed by atoms with E-state index in [0.29, 0.717) is 16.7 Å². The smallest absolute Gasteiger partial charge is 0.293 e. The van der Waals surface area contributed by atoms with Crippen molar-refractivity contribution in [1.82, 2.24) is 15.5 Å². The largest absolute Gasteiger partial charge is 0.378 e. The van der Waals surface area contributed by atoms with Gasteiger partial charge in [0.25, 0.3) is 5.69 Å². The molecule has 0 fully saturated rings. The van der Waals surface area contributed by atoms with Gasteiger partial charge in [-0.25, -0.2) is 8.42 Å². The molecule has 3 rings (SSSR count). The Kier molecular flexibility index (Phi) is 7.61. The number of carbonyl (C=O) groups excluding carboxylic acids is 1. The van der Waals surface area contributed by atoms with E-state index >= 15 is 0 Å². The number of nitrogens with zero attached hydrogens (tertiary/aromatic N) is 3. The molecule has 0 aliphatic carbocycles. The number of amides is 1. The Hall–Kier alpha value is -3.51. The van der Waals surface area contributed by atoms with E-state index in [1.54, 1.807) is 24.3 Å². The van der Waals surface area contributed by atoms with Crippen molar-refractivity contribution in [1.29, 1.82) is 0 Å². The van der Waals surface area contributed by atoms with Crippen LogP contribution in [-0.4, -0.2) is 48.7 Å². The summed E-state index contributed by atoms with van der Waals surface area (Å²) in [5.74, 6) is 0.453. The number of aryl methyl sites for hydroxylation is 1. The van der Waals surface area contributed by atoms with Gasteiger partial charge in [-0.3, -0.25) is 14.9 Å². The molecule has 11 nitrogen and oxygen atoms in total. The van der Waals surface area contributed by atoms with Gasteiger partial charge in [-0.2, -0.15) is 4.98 Å². The number of nitro groups is 1. The third-order valence-corrected chi connectivity index (χ3v) is 5.86. The fraction of sp³-hybridized carbons (Fsp3) is 0.250. The molecule has 0 saturated carbocycles. The van der Waals surface area contributed by atoms with E-state index in [-0.39, 0.29) is 48.1 Å². The van der Waals surface area contributed by atoms with Crippen molar-refractivity contribution in [3.05, 3.63) is 63.5 Å². The SMILES string of the molecule is CS(=O)(=O)c1ccc(NCCNC(=O)CCc2nc(-c3ccc(Cl)cc3)no2)c([N+](=O)[O-])c1. The van der Waals surface area contributed by atoms with Crippen molar-refractivity contribution in [3.63, 3.8) is 0 Å². The fourth-order valence-corrected chi connectivity index (χ4v) is 3.59. The summed E-state index contributed by atoms with van der Waals surface area (Å²) in [5.41, 5.74) is 0.531. The van der Waals surface area contributed by atoms with Crippen LogP contribution in [0.15, 0.2) is 51.9 Å². The Morgan fingerprint density at radius 3 is 2.58 bits per heavy atom. The van der Waals surface area contributed by atoms with Gasteiger partial charge in [-0.15, -0.1) is 0 Å². The average Bonchev–Trinajstić information content (AvgIpc) is 3.24. The summed E-state index contributed by atoms with van der Waals surface area (Å²) in [5, 5.41) is 21.2. The van der Waals surface area contributed by atoms with E-state index in [1.807, 2.05) is 0 Å². The van der Waals surface area contributed by atoms with Crippen LogP contribution in [0, 0.1) is 10.1 Å². The zero-order valence-electron chi connectivity index (χ0n) is 17.4. The van der Waals surface area contributed by atoms with Crippen molar-refractivity contribution in [2.24, 2.45) is 0 Å². The first-order valence-corrected chi connectivity index (χ1v) is 12.0. The lowest BCUT2D eigenvalue weighted by Crippen LogP contribution is -2.29. The number of nitro benzene ring substituents is 1. The number of anilines is 1. The van der Waals surface area contributed by atoms with Gasteiger partial charge >= 0.3 is 0 Å². The zero-order valence-corrected chi connectivity index (χ0v) is 19.0. The summed E-state index contributed by atoms with van der Waals surface area (Å²) < 4.78 is 28.3. The van der Waals surface area contributed by atoms with Crippen LogP contribution >= 0.6 is 11.6 Å². The fourth-order valence-electron chi connectivity index (χ4n) is 2.82. The molecule has 0 aliphatic heterocycles. The molecular weight excluding hydrogens is 474 g/mol. The van der Waals surface area contributed by atoms with E-state index in [9.17, 15) is 23.3 Å². The maximum Gasteiger partial charge on any atom is 0.293 e. The standard InChI is InChI=1S/C20H20ClN5O6S/c1-33(30,31)15-6-7-16(17(12-15)26(28)29)22-10-11-23-18(27)8-9-19-24-20(25-32-19)13-2-4-14(21)5-3-13/h2-7,12,22H,8-11H2,1H3,(H,23,27). The van der Waals surface area contributed by atoms with Gasteiger partial charge in [0.2, 0.25) is 17.6 Å². The van der Waals surface area contributed by atoms with Gasteiger partial charge in [0.1, 0.15) is 5.69 Å². The molecule has 1 aromatic heterocycles. The van der Waals surface area contributed by atoms with Gasteiger partial charge in [-0.05, 0) is 36.4 Å². The van der Waals surface area contributed by atoms with Crippen LogP contribution in [0.25, 0.3) is 11.4 Å². The Morgan fingerprint density at radius 1 is 1.18 bits per heavy atom. The molecule has 0 saturated heterocycles. The maximum atomic E-state index is 12.1.